The van der Waals surface area contributed by atoms with Gasteiger partial charge in [-0.1, -0.05) is 6.92 Å². The van der Waals surface area contributed by atoms with Gasteiger partial charge in [-0.3, -0.25) is 4.79 Å². The summed E-state index contributed by atoms with van der Waals surface area (Å²) in [5, 5.41) is 11.0. The first-order valence-corrected chi connectivity index (χ1v) is 6.74. The standard InChI is InChI=1S/C14H17N5O2/c1-14(8-21-9-14)7-18(2)13(20)11-3-5-12(6-4-11)19-10-15-16-17-19/h3-6,10H,7-9H2,1-2H3. The van der Waals surface area contributed by atoms with Crippen LogP contribution < -0.4 is 0 Å². The van der Waals surface area contributed by atoms with Gasteiger partial charge in [-0.05, 0) is 34.7 Å². The van der Waals surface area contributed by atoms with Gasteiger partial charge >= 0.3 is 0 Å². The van der Waals surface area contributed by atoms with Crippen LogP contribution in [0.5, 0.6) is 0 Å². The number of carbonyl (C=O) groups is 1. The van der Waals surface area contributed by atoms with Crippen LogP contribution in [0.4, 0.5) is 0 Å². The van der Waals surface area contributed by atoms with E-state index in [1.165, 1.54) is 6.33 Å². The van der Waals surface area contributed by atoms with Crippen LogP contribution in [0.3, 0.4) is 0 Å². The average Bonchev–Trinajstić information content (AvgIpc) is 2.99. The molecule has 2 heterocycles. The van der Waals surface area contributed by atoms with E-state index in [1.54, 1.807) is 21.7 Å². The van der Waals surface area contributed by atoms with Crippen molar-refractivity contribution in [2.24, 2.45) is 5.41 Å². The molecule has 0 spiro atoms. The largest absolute Gasteiger partial charge is 0.380 e. The molecule has 2 aromatic rings. The van der Waals surface area contributed by atoms with E-state index in [1.807, 2.05) is 19.2 Å². The summed E-state index contributed by atoms with van der Waals surface area (Å²) in [6, 6.07) is 7.22. The number of carbonyl (C=O) groups excluding carboxylic acids is 1. The lowest BCUT2D eigenvalue weighted by Crippen LogP contribution is -2.49. The number of benzene rings is 1. The van der Waals surface area contributed by atoms with E-state index in [-0.39, 0.29) is 11.3 Å². The zero-order chi connectivity index (χ0) is 14.9. The molecule has 1 aliphatic heterocycles. The summed E-state index contributed by atoms with van der Waals surface area (Å²) >= 11 is 0. The smallest absolute Gasteiger partial charge is 0.253 e. The van der Waals surface area contributed by atoms with E-state index in [0.717, 1.165) is 5.69 Å². The second kappa shape index (κ2) is 5.25. The molecule has 1 aromatic heterocycles. The van der Waals surface area contributed by atoms with Crippen LogP contribution in [-0.2, 0) is 4.74 Å². The van der Waals surface area contributed by atoms with Crippen molar-refractivity contribution in [3.05, 3.63) is 36.2 Å². The van der Waals surface area contributed by atoms with Gasteiger partial charge in [0, 0.05) is 24.6 Å². The van der Waals surface area contributed by atoms with Crippen molar-refractivity contribution in [3.8, 4) is 5.69 Å². The Bertz CT molecular complexity index is 619. The minimum atomic E-state index is 0.00592. The van der Waals surface area contributed by atoms with Crippen LogP contribution in [0.1, 0.15) is 17.3 Å². The Hall–Kier alpha value is -2.28. The number of ether oxygens (including phenoxy) is 1. The average molecular weight is 287 g/mol. The van der Waals surface area contributed by atoms with Gasteiger partial charge in [0.2, 0.25) is 0 Å². The van der Waals surface area contributed by atoms with E-state index in [9.17, 15) is 4.79 Å². The first-order chi connectivity index (χ1) is 10.1. The number of hydrogen-bond donors (Lipinski definition) is 0. The molecule has 1 aliphatic rings. The normalized spacial score (nSPS) is 16.3. The fourth-order valence-electron chi connectivity index (χ4n) is 2.44. The predicted molar refractivity (Wildman–Crippen MR) is 75.0 cm³/mol. The molecule has 110 valence electrons. The molecule has 0 unspecified atom stereocenters. The highest BCUT2D eigenvalue weighted by Gasteiger charge is 2.35. The maximum atomic E-state index is 12.4. The third-order valence-electron chi connectivity index (χ3n) is 3.59. The molecule has 0 N–H and O–H groups in total. The van der Waals surface area contributed by atoms with Crippen molar-refractivity contribution in [1.82, 2.24) is 25.1 Å². The quantitative estimate of drug-likeness (QED) is 0.830. The number of amides is 1. The minimum absolute atomic E-state index is 0.00592. The number of hydrogen-bond acceptors (Lipinski definition) is 5. The molecule has 1 aromatic carbocycles. The molecule has 3 rings (SSSR count). The molecule has 0 bridgehead atoms. The van der Waals surface area contributed by atoms with Crippen molar-refractivity contribution in [2.45, 2.75) is 6.92 Å². The Balaban J connectivity index is 1.69. The highest BCUT2D eigenvalue weighted by atomic mass is 16.5. The van der Waals surface area contributed by atoms with Gasteiger partial charge in [0.15, 0.2) is 0 Å². The van der Waals surface area contributed by atoms with Crippen molar-refractivity contribution < 1.29 is 9.53 Å². The Morgan fingerprint density at radius 3 is 2.62 bits per heavy atom. The summed E-state index contributed by atoms with van der Waals surface area (Å²) in [5.74, 6) is 0.00592. The van der Waals surface area contributed by atoms with Gasteiger partial charge in [-0.2, -0.15) is 0 Å². The van der Waals surface area contributed by atoms with Crippen molar-refractivity contribution in [2.75, 3.05) is 26.8 Å². The molecule has 1 amide bonds. The minimum Gasteiger partial charge on any atom is -0.380 e. The first-order valence-electron chi connectivity index (χ1n) is 6.74. The van der Waals surface area contributed by atoms with E-state index in [0.29, 0.717) is 25.3 Å². The van der Waals surface area contributed by atoms with Gasteiger partial charge in [0.05, 0.1) is 18.9 Å². The topological polar surface area (TPSA) is 73.1 Å². The van der Waals surface area contributed by atoms with Gasteiger partial charge in [-0.25, -0.2) is 4.68 Å². The summed E-state index contributed by atoms with van der Waals surface area (Å²) in [4.78, 5) is 14.1. The molecule has 1 fully saturated rings. The fourth-order valence-corrected chi connectivity index (χ4v) is 2.44. The number of nitrogens with zero attached hydrogens (tertiary/aromatic N) is 5. The Morgan fingerprint density at radius 1 is 1.38 bits per heavy atom. The van der Waals surface area contributed by atoms with Gasteiger partial charge < -0.3 is 9.64 Å². The molecular formula is C14H17N5O2. The van der Waals surface area contributed by atoms with Crippen LogP contribution >= 0.6 is 0 Å². The predicted octanol–water partition coefficient (Wildman–Crippen LogP) is 0.771. The lowest BCUT2D eigenvalue weighted by Gasteiger charge is -2.40. The number of tetrazole rings is 1. The molecule has 7 nitrogen and oxygen atoms in total. The highest BCUT2D eigenvalue weighted by Crippen LogP contribution is 2.27. The van der Waals surface area contributed by atoms with E-state index in [4.69, 9.17) is 4.74 Å². The van der Waals surface area contributed by atoms with E-state index < -0.39 is 0 Å². The van der Waals surface area contributed by atoms with Crippen molar-refractivity contribution in [3.63, 3.8) is 0 Å². The first kappa shape index (κ1) is 13.7. The SMILES string of the molecule is CN(CC1(C)COC1)C(=O)c1ccc(-n2cnnn2)cc1. The molecule has 7 heteroatoms. The summed E-state index contributed by atoms with van der Waals surface area (Å²) < 4.78 is 6.77. The zero-order valence-electron chi connectivity index (χ0n) is 12.1. The van der Waals surface area contributed by atoms with Gasteiger partial charge in [0.25, 0.3) is 5.91 Å². The second-order valence-electron chi connectivity index (χ2n) is 5.77. The molecule has 1 saturated heterocycles. The Kier molecular flexibility index (Phi) is 3.42. The third kappa shape index (κ3) is 2.78. The molecule has 0 radical (unpaired) electrons. The zero-order valence-corrected chi connectivity index (χ0v) is 12.1. The van der Waals surface area contributed by atoms with Crippen LogP contribution in [-0.4, -0.2) is 57.8 Å². The number of aromatic nitrogens is 4. The van der Waals surface area contributed by atoms with Gasteiger partial charge in [0.1, 0.15) is 6.33 Å². The Morgan fingerprint density at radius 2 is 2.10 bits per heavy atom. The molecular weight excluding hydrogens is 270 g/mol. The van der Waals surface area contributed by atoms with E-state index in [2.05, 4.69) is 22.4 Å². The lowest BCUT2D eigenvalue weighted by atomic mass is 9.88. The maximum Gasteiger partial charge on any atom is 0.253 e. The van der Waals surface area contributed by atoms with Crippen molar-refractivity contribution in [1.29, 1.82) is 0 Å². The Labute approximate surface area is 122 Å². The third-order valence-corrected chi connectivity index (χ3v) is 3.59. The lowest BCUT2D eigenvalue weighted by molar-refractivity contribution is -0.109. The highest BCUT2D eigenvalue weighted by molar-refractivity contribution is 5.94. The summed E-state index contributed by atoms with van der Waals surface area (Å²) in [6.45, 7) is 4.24. The summed E-state index contributed by atoms with van der Waals surface area (Å²) in [6.07, 6.45) is 1.51. The number of rotatable bonds is 4. The van der Waals surface area contributed by atoms with Crippen molar-refractivity contribution >= 4 is 5.91 Å². The van der Waals surface area contributed by atoms with Crippen LogP contribution in [0, 0.1) is 5.41 Å². The fraction of sp³-hybridized carbons (Fsp3) is 0.429. The molecule has 0 atom stereocenters. The molecule has 0 aliphatic carbocycles. The van der Waals surface area contributed by atoms with Crippen LogP contribution in [0.15, 0.2) is 30.6 Å². The monoisotopic (exact) mass is 287 g/mol. The molecule has 21 heavy (non-hydrogen) atoms. The van der Waals surface area contributed by atoms with Gasteiger partial charge in [-0.15, -0.1) is 5.10 Å². The summed E-state index contributed by atoms with van der Waals surface area (Å²) in [7, 11) is 1.82. The van der Waals surface area contributed by atoms with Crippen LogP contribution in [0.25, 0.3) is 5.69 Å². The van der Waals surface area contributed by atoms with E-state index >= 15 is 0 Å². The molecule has 0 saturated carbocycles. The maximum absolute atomic E-state index is 12.4. The second-order valence-corrected chi connectivity index (χ2v) is 5.77. The summed E-state index contributed by atoms with van der Waals surface area (Å²) in [5.41, 5.74) is 1.55. The van der Waals surface area contributed by atoms with Crippen LogP contribution in [0.2, 0.25) is 0 Å².